The van der Waals surface area contributed by atoms with E-state index in [1.807, 2.05) is 91.9 Å². The highest BCUT2D eigenvalue weighted by Crippen LogP contribution is 2.64. The molecule has 3 aromatic rings. The Labute approximate surface area is 277 Å². The zero-order chi connectivity index (χ0) is 33.2. The van der Waals surface area contributed by atoms with Crippen LogP contribution in [0.5, 0.6) is 0 Å². The predicted molar refractivity (Wildman–Crippen MR) is 182 cm³/mol. The summed E-state index contributed by atoms with van der Waals surface area (Å²) >= 11 is 0. The number of ether oxygens (including phenoxy) is 1. The summed E-state index contributed by atoms with van der Waals surface area (Å²) in [5.74, 6) is -2.54. The van der Waals surface area contributed by atoms with Crippen molar-refractivity contribution in [3.05, 3.63) is 96.1 Å². The van der Waals surface area contributed by atoms with Gasteiger partial charge in [-0.3, -0.25) is 14.4 Å². The van der Waals surface area contributed by atoms with Crippen LogP contribution < -0.4 is 15.5 Å². The van der Waals surface area contributed by atoms with Crippen LogP contribution in [0.4, 0.5) is 11.4 Å². The monoisotopic (exact) mass is 638 g/mol. The van der Waals surface area contributed by atoms with Crippen molar-refractivity contribution in [1.29, 1.82) is 0 Å². The largest absolute Gasteiger partial charge is 0.394 e. The normalized spacial score (nSPS) is 26.6. The second-order valence-electron chi connectivity index (χ2n) is 13.0. The van der Waals surface area contributed by atoms with Crippen molar-refractivity contribution >= 4 is 29.1 Å². The predicted octanol–water partition coefficient (Wildman–Crippen LogP) is 4.55. The van der Waals surface area contributed by atoms with Crippen molar-refractivity contribution in [2.45, 2.75) is 76.3 Å². The van der Waals surface area contributed by atoms with Gasteiger partial charge in [0.15, 0.2) is 0 Å². The summed E-state index contributed by atoms with van der Waals surface area (Å²) in [5.41, 5.74) is 1.50. The summed E-state index contributed by atoms with van der Waals surface area (Å²) in [4.78, 5) is 47.1. The van der Waals surface area contributed by atoms with Crippen molar-refractivity contribution in [3.8, 4) is 0 Å². The van der Waals surface area contributed by atoms with E-state index in [9.17, 15) is 19.5 Å². The molecule has 3 aliphatic heterocycles. The number of carbonyl (C=O) groups is 3. The van der Waals surface area contributed by atoms with Crippen LogP contribution in [0.3, 0.4) is 0 Å². The smallest absolute Gasteiger partial charge is 0.250 e. The maximum Gasteiger partial charge on any atom is 0.250 e. The molecule has 9 nitrogen and oxygen atoms in total. The molecule has 0 radical (unpaired) electrons. The van der Waals surface area contributed by atoms with Crippen molar-refractivity contribution in [3.63, 3.8) is 0 Å². The van der Waals surface area contributed by atoms with E-state index < -0.39 is 35.1 Å². The molecule has 3 saturated heterocycles. The van der Waals surface area contributed by atoms with Gasteiger partial charge in [0, 0.05) is 31.0 Å². The van der Waals surface area contributed by atoms with Crippen LogP contribution in [0.25, 0.3) is 0 Å². The Morgan fingerprint density at radius 2 is 1.55 bits per heavy atom. The van der Waals surface area contributed by atoms with E-state index in [0.29, 0.717) is 37.9 Å². The van der Waals surface area contributed by atoms with E-state index in [0.717, 1.165) is 29.9 Å². The number of likely N-dealkylation sites (tertiary alicyclic amines) is 1. The number of fused-ring (bicyclic) bond motifs is 1. The minimum absolute atomic E-state index is 0.243. The minimum Gasteiger partial charge on any atom is -0.394 e. The highest BCUT2D eigenvalue weighted by Gasteiger charge is 2.79. The second kappa shape index (κ2) is 13.5. The SMILES string of the molecule is CCN(CC)c1ccc(NC(=O)C2N([C@@H](CO)Cc3ccccc3)C(=O)[C@@H]3[C@H](C(=O)NCc4ccccc4)[C@]4(CC)CCC23O4)cc1. The quantitative estimate of drug-likeness (QED) is 0.254. The molecule has 9 heteroatoms. The molecule has 248 valence electrons. The van der Waals surface area contributed by atoms with Gasteiger partial charge < -0.3 is 30.3 Å². The van der Waals surface area contributed by atoms with Crippen LogP contribution in [0, 0.1) is 11.8 Å². The Kier molecular flexibility index (Phi) is 9.39. The molecular formula is C38H46N4O5. The molecule has 3 aliphatic rings. The number of aliphatic hydroxyl groups excluding tert-OH is 1. The minimum atomic E-state index is -1.20. The molecular weight excluding hydrogens is 592 g/mol. The Hall–Kier alpha value is -4.21. The number of nitrogens with one attached hydrogen (secondary N) is 2. The van der Waals surface area contributed by atoms with Gasteiger partial charge in [-0.25, -0.2) is 0 Å². The molecule has 1 spiro atoms. The maximum atomic E-state index is 14.7. The average Bonchev–Trinajstić information content (AvgIpc) is 3.71. The average molecular weight is 639 g/mol. The molecule has 3 heterocycles. The summed E-state index contributed by atoms with van der Waals surface area (Å²) in [6, 6.07) is 25.3. The van der Waals surface area contributed by atoms with Gasteiger partial charge in [-0.05, 0) is 74.9 Å². The summed E-state index contributed by atoms with van der Waals surface area (Å²) in [6.45, 7) is 7.91. The van der Waals surface area contributed by atoms with Gasteiger partial charge in [0.1, 0.15) is 11.6 Å². The van der Waals surface area contributed by atoms with Crippen LogP contribution in [0.1, 0.15) is 51.2 Å². The summed E-state index contributed by atoms with van der Waals surface area (Å²) in [6.07, 6.45) is 1.93. The Morgan fingerprint density at radius 1 is 0.915 bits per heavy atom. The molecule has 6 rings (SSSR count). The van der Waals surface area contributed by atoms with E-state index in [4.69, 9.17) is 4.74 Å². The number of carbonyl (C=O) groups excluding carboxylic acids is 3. The Balaban J connectivity index is 1.35. The lowest BCUT2D eigenvalue weighted by Crippen LogP contribution is -2.57. The van der Waals surface area contributed by atoms with Crippen LogP contribution in [0.2, 0.25) is 0 Å². The topological polar surface area (TPSA) is 111 Å². The van der Waals surface area contributed by atoms with Crippen molar-refractivity contribution in [2.75, 3.05) is 29.9 Å². The lowest BCUT2D eigenvalue weighted by atomic mass is 9.65. The van der Waals surface area contributed by atoms with Crippen LogP contribution in [-0.2, 0) is 32.1 Å². The lowest BCUT2D eigenvalue weighted by molar-refractivity contribution is -0.149. The van der Waals surface area contributed by atoms with Crippen molar-refractivity contribution < 1.29 is 24.2 Å². The standard InChI is InChI=1S/C38H46N4O5/c1-4-37-21-22-38(47-37)32(31(37)34(44)39-24-27-15-11-8-12-16-27)36(46)42(30(25-43)23-26-13-9-7-10-14-26)33(38)35(45)40-28-17-19-29(20-18-28)41(5-2)6-3/h7-20,30-33,43H,4-6,21-25H2,1-3H3,(H,39,44)(H,40,45)/t30-,31-,32+,33?,37+,38?/m1/s1. The van der Waals surface area contributed by atoms with Gasteiger partial charge in [0.2, 0.25) is 17.7 Å². The van der Waals surface area contributed by atoms with E-state index in [-0.39, 0.29) is 24.3 Å². The van der Waals surface area contributed by atoms with Gasteiger partial charge in [-0.1, -0.05) is 67.6 Å². The molecule has 0 saturated carbocycles. The van der Waals surface area contributed by atoms with Gasteiger partial charge in [-0.15, -0.1) is 0 Å². The first-order valence-corrected chi connectivity index (χ1v) is 17.0. The Bertz CT molecular complexity index is 1560. The van der Waals surface area contributed by atoms with E-state index >= 15 is 0 Å². The molecule has 6 atom stereocenters. The van der Waals surface area contributed by atoms with E-state index in [1.54, 1.807) is 4.90 Å². The number of benzene rings is 3. The van der Waals surface area contributed by atoms with Crippen LogP contribution in [-0.4, -0.2) is 70.7 Å². The molecule has 2 unspecified atom stereocenters. The van der Waals surface area contributed by atoms with Gasteiger partial charge >= 0.3 is 0 Å². The first-order valence-electron chi connectivity index (χ1n) is 17.0. The van der Waals surface area contributed by atoms with E-state index in [1.165, 1.54) is 0 Å². The fourth-order valence-corrected chi connectivity index (χ4v) is 8.33. The zero-order valence-corrected chi connectivity index (χ0v) is 27.5. The lowest BCUT2D eigenvalue weighted by Gasteiger charge is -2.37. The number of aliphatic hydroxyl groups is 1. The maximum absolute atomic E-state index is 14.7. The summed E-state index contributed by atoms with van der Waals surface area (Å²) in [5, 5.41) is 16.9. The zero-order valence-electron chi connectivity index (χ0n) is 27.5. The number of hydrogen-bond donors (Lipinski definition) is 3. The van der Waals surface area contributed by atoms with Gasteiger partial charge in [0.05, 0.1) is 30.1 Å². The number of nitrogens with zero attached hydrogens (tertiary/aromatic N) is 2. The number of hydrogen-bond acceptors (Lipinski definition) is 6. The molecule has 0 aromatic heterocycles. The van der Waals surface area contributed by atoms with Crippen molar-refractivity contribution in [1.82, 2.24) is 10.2 Å². The molecule has 2 bridgehead atoms. The van der Waals surface area contributed by atoms with Crippen molar-refractivity contribution in [2.24, 2.45) is 11.8 Å². The highest BCUT2D eigenvalue weighted by atomic mass is 16.5. The first kappa shape index (κ1) is 32.7. The molecule has 3 amide bonds. The fourth-order valence-electron chi connectivity index (χ4n) is 8.33. The number of amides is 3. The molecule has 3 fully saturated rings. The van der Waals surface area contributed by atoms with Gasteiger partial charge in [-0.2, -0.15) is 0 Å². The van der Waals surface area contributed by atoms with Crippen LogP contribution in [0.15, 0.2) is 84.9 Å². The van der Waals surface area contributed by atoms with E-state index in [2.05, 4.69) is 29.4 Å². The Morgan fingerprint density at radius 3 is 2.15 bits per heavy atom. The fraction of sp³-hybridized carbons (Fsp3) is 0.447. The number of anilines is 2. The molecule has 3 N–H and O–H groups in total. The third kappa shape index (κ3) is 5.80. The molecule has 3 aromatic carbocycles. The number of rotatable bonds is 13. The summed E-state index contributed by atoms with van der Waals surface area (Å²) < 4.78 is 6.93. The summed E-state index contributed by atoms with van der Waals surface area (Å²) in [7, 11) is 0. The molecule has 47 heavy (non-hydrogen) atoms. The molecule has 0 aliphatic carbocycles. The second-order valence-corrected chi connectivity index (χ2v) is 13.0. The third-order valence-corrected chi connectivity index (χ3v) is 10.6. The van der Waals surface area contributed by atoms with Crippen LogP contribution >= 0.6 is 0 Å². The third-order valence-electron chi connectivity index (χ3n) is 10.6. The van der Waals surface area contributed by atoms with Gasteiger partial charge in [0.25, 0.3) is 0 Å². The first-order chi connectivity index (χ1) is 22.8. The highest BCUT2D eigenvalue weighted by molar-refractivity contribution is 6.04.